The first kappa shape index (κ1) is 19.3. The van der Waals surface area contributed by atoms with Crippen molar-refractivity contribution in [3.63, 3.8) is 0 Å². The quantitative estimate of drug-likeness (QED) is 0.704. The number of hydrogen-bond acceptors (Lipinski definition) is 3. The maximum Gasteiger partial charge on any atom is 0.306 e. The first-order chi connectivity index (χ1) is 10.6. The van der Waals surface area contributed by atoms with Gasteiger partial charge in [-0.15, -0.1) is 0 Å². The molecule has 1 rings (SSSR count). The summed E-state index contributed by atoms with van der Waals surface area (Å²) in [6.07, 6.45) is 0. The van der Waals surface area contributed by atoms with E-state index in [9.17, 15) is 9.90 Å². The van der Waals surface area contributed by atoms with Gasteiger partial charge in [0.05, 0.1) is 17.3 Å². The lowest BCUT2D eigenvalue weighted by Gasteiger charge is -2.30. The highest BCUT2D eigenvalue weighted by atomic mass is 16.4. The van der Waals surface area contributed by atoms with Crippen LogP contribution in [-0.2, 0) is 4.79 Å². The molecule has 4 heteroatoms. The summed E-state index contributed by atoms with van der Waals surface area (Å²) in [5, 5.41) is 9.18. The maximum absolute atomic E-state index is 11.2. The number of carboxylic acid groups (broad SMARTS) is 1. The molecular weight excluding hydrogens is 288 g/mol. The second-order valence-electron chi connectivity index (χ2n) is 7.43. The lowest BCUT2D eigenvalue weighted by Crippen LogP contribution is -2.32. The zero-order chi connectivity index (χ0) is 17.7. The number of nitrogens with zero attached hydrogens (tertiary/aromatic N) is 1. The molecular formula is C19H32N2O2. The van der Waals surface area contributed by atoms with Gasteiger partial charge in [-0.2, -0.15) is 0 Å². The summed E-state index contributed by atoms with van der Waals surface area (Å²) in [5.74, 6) is -0.158. The van der Waals surface area contributed by atoms with E-state index < -0.39 is 11.9 Å². The van der Waals surface area contributed by atoms with Crippen molar-refractivity contribution in [3.8, 4) is 0 Å². The Morgan fingerprint density at radius 2 is 1.61 bits per heavy atom. The van der Waals surface area contributed by atoms with Crippen molar-refractivity contribution >= 4 is 17.3 Å². The molecule has 3 N–H and O–H groups in total. The minimum Gasteiger partial charge on any atom is -0.481 e. The summed E-state index contributed by atoms with van der Waals surface area (Å²) in [7, 11) is 0. The molecule has 0 aliphatic heterocycles. The van der Waals surface area contributed by atoms with Crippen LogP contribution in [0.4, 0.5) is 11.4 Å². The summed E-state index contributed by atoms with van der Waals surface area (Å²) in [5.41, 5.74) is 9.06. The number of aliphatic carboxylic acids is 1. The highest BCUT2D eigenvalue weighted by Crippen LogP contribution is 2.31. The molecule has 1 aromatic rings. The van der Waals surface area contributed by atoms with Crippen LogP contribution in [0.5, 0.6) is 0 Å². The molecule has 0 aliphatic carbocycles. The number of carbonyl (C=O) groups is 1. The molecule has 2 unspecified atom stereocenters. The Hall–Kier alpha value is -1.71. The van der Waals surface area contributed by atoms with Crippen molar-refractivity contribution in [1.82, 2.24) is 0 Å². The summed E-state index contributed by atoms with van der Waals surface area (Å²) in [6.45, 7) is 14.4. The average Bonchev–Trinajstić information content (AvgIpc) is 2.43. The number of carboxylic acids is 1. The van der Waals surface area contributed by atoms with Crippen molar-refractivity contribution in [3.05, 3.63) is 23.8 Å². The first-order valence-electron chi connectivity index (χ1n) is 8.50. The Morgan fingerprint density at radius 3 is 2.00 bits per heavy atom. The lowest BCUT2D eigenvalue weighted by atomic mass is 9.88. The van der Waals surface area contributed by atoms with E-state index in [0.717, 1.165) is 30.0 Å². The molecule has 0 spiro atoms. The smallest absolute Gasteiger partial charge is 0.306 e. The number of nitrogen functional groups attached to an aromatic ring is 1. The number of rotatable bonds is 8. The van der Waals surface area contributed by atoms with Gasteiger partial charge in [0, 0.05) is 13.1 Å². The zero-order valence-corrected chi connectivity index (χ0v) is 15.3. The summed E-state index contributed by atoms with van der Waals surface area (Å²) >= 11 is 0. The van der Waals surface area contributed by atoms with Gasteiger partial charge in [0.15, 0.2) is 0 Å². The van der Waals surface area contributed by atoms with E-state index in [-0.39, 0.29) is 5.92 Å². The third-order valence-electron chi connectivity index (χ3n) is 4.23. The molecule has 0 saturated heterocycles. The third kappa shape index (κ3) is 5.45. The van der Waals surface area contributed by atoms with Gasteiger partial charge >= 0.3 is 5.97 Å². The van der Waals surface area contributed by atoms with Crippen LogP contribution in [0.3, 0.4) is 0 Å². The third-order valence-corrected chi connectivity index (χ3v) is 4.23. The maximum atomic E-state index is 11.2. The fraction of sp³-hybridized carbons (Fsp3) is 0.632. The number of hydrogen-bond donors (Lipinski definition) is 2. The van der Waals surface area contributed by atoms with Crippen molar-refractivity contribution in [2.45, 2.75) is 47.5 Å². The van der Waals surface area contributed by atoms with Crippen LogP contribution in [0.25, 0.3) is 0 Å². The van der Waals surface area contributed by atoms with Gasteiger partial charge in [-0.1, -0.05) is 47.6 Å². The van der Waals surface area contributed by atoms with E-state index in [2.05, 4.69) is 32.6 Å². The van der Waals surface area contributed by atoms with E-state index in [0.29, 0.717) is 11.8 Å². The van der Waals surface area contributed by atoms with Crippen molar-refractivity contribution < 1.29 is 9.90 Å². The first-order valence-corrected chi connectivity index (χ1v) is 8.50. The van der Waals surface area contributed by atoms with E-state index >= 15 is 0 Å². The molecule has 1 aromatic carbocycles. The largest absolute Gasteiger partial charge is 0.481 e. The number of anilines is 2. The highest BCUT2D eigenvalue weighted by molar-refractivity contribution is 5.72. The van der Waals surface area contributed by atoms with Crippen LogP contribution in [0.1, 0.15) is 53.0 Å². The number of nitrogens with two attached hydrogens (primary N) is 1. The van der Waals surface area contributed by atoms with E-state index in [4.69, 9.17) is 5.73 Å². The minimum atomic E-state index is -0.776. The Balaban J connectivity index is 3.07. The SMILES string of the molecule is CC(C)CN(CC(C)C)c1ccc(C(C)C(C)C(=O)O)cc1N. The monoisotopic (exact) mass is 320 g/mol. The van der Waals surface area contributed by atoms with Gasteiger partial charge in [-0.25, -0.2) is 0 Å². The Kier molecular flexibility index (Phi) is 6.92. The van der Waals surface area contributed by atoms with E-state index in [1.165, 1.54) is 0 Å². The Bertz CT molecular complexity index is 516. The minimum absolute atomic E-state index is 0.0625. The standard InChI is InChI=1S/C19H32N2O2/c1-12(2)10-21(11-13(3)4)18-8-7-16(9-17(18)20)14(5)15(6)19(22)23/h7-9,12-15H,10-11,20H2,1-6H3,(H,22,23). The molecule has 0 bridgehead atoms. The fourth-order valence-electron chi connectivity index (χ4n) is 2.80. The van der Waals surface area contributed by atoms with Crippen LogP contribution in [0, 0.1) is 17.8 Å². The summed E-state index contributed by atoms with van der Waals surface area (Å²) in [4.78, 5) is 13.5. The molecule has 4 nitrogen and oxygen atoms in total. The van der Waals surface area contributed by atoms with Gasteiger partial charge in [-0.3, -0.25) is 4.79 Å². The van der Waals surface area contributed by atoms with Crippen LogP contribution in [-0.4, -0.2) is 24.2 Å². The van der Waals surface area contributed by atoms with Crippen molar-refractivity contribution in [2.75, 3.05) is 23.7 Å². The molecule has 23 heavy (non-hydrogen) atoms. The van der Waals surface area contributed by atoms with Crippen molar-refractivity contribution in [1.29, 1.82) is 0 Å². The molecule has 0 fully saturated rings. The lowest BCUT2D eigenvalue weighted by molar-refractivity contribution is -0.141. The van der Waals surface area contributed by atoms with Gasteiger partial charge in [0.2, 0.25) is 0 Å². The molecule has 0 aromatic heterocycles. The predicted octanol–water partition coefficient (Wildman–Crippen LogP) is 4.21. The summed E-state index contributed by atoms with van der Waals surface area (Å²) < 4.78 is 0. The average molecular weight is 320 g/mol. The van der Waals surface area contributed by atoms with Gasteiger partial charge in [0.1, 0.15) is 0 Å². The fourth-order valence-corrected chi connectivity index (χ4v) is 2.80. The molecule has 2 atom stereocenters. The Morgan fingerprint density at radius 1 is 1.09 bits per heavy atom. The van der Waals surface area contributed by atoms with E-state index in [1.54, 1.807) is 6.92 Å². The van der Waals surface area contributed by atoms with Crippen LogP contribution in [0.15, 0.2) is 18.2 Å². The van der Waals surface area contributed by atoms with Crippen LogP contribution in [0.2, 0.25) is 0 Å². The van der Waals surface area contributed by atoms with Gasteiger partial charge in [0.25, 0.3) is 0 Å². The van der Waals surface area contributed by atoms with Crippen molar-refractivity contribution in [2.24, 2.45) is 17.8 Å². The molecule has 0 heterocycles. The van der Waals surface area contributed by atoms with Gasteiger partial charge in [-0.05, 0) is 35.4 Å². The zero-order valence-electron chi connectivity index (χ0n) is 15.3. The molecule has 0 radical (unpaired) electrons. The predicted molar refractivity (Wildman–Crippen MR) is 98.0 cm³/mol. The highest BCUT2D eigenvalue weighted by Gasteiger charge is 2.22. The summed E-state index contributed by atoms with van der Waals surface area (Å²) in [6, 6.07) is 6.00. The molecule has 130 valence electrons. The second kappa shape index (κ2) is 8.23. The Labute approximate surface area is 140 Å². The van der Waals surface area contributed by atoms with Crippen LogP contribution >= 0.6 is 0 Å². The van der Waals surface area contributed by atoms with E-state index in [1.807, 2.05) is 25.1 Å². The molecule has 0 aliphatic rings. The number of benzene rings is 1. The topological polar surface area (TPSA) is 66.6 Å². The second-order valence-corrected chi connectivity index (χ2v) is 7.43. The van der Waals surface area contributed by atoms with Crippen LogP contribution < -0.4 is 10.6 Å². The van der Waals surface area contributed by atoms with Gasteiger partial charge < -0.3 is 15.7 Å². The normalized spacial score (nSPS) is 14.1. The molecule has 0 amide bonds. The molecule has 0 saturated carbocycles.